The van der Waals surface area contributed by atoms with Crippen molar-refractivity contribution in [1.82, 2.24) is 5.32 Å². The van der Waals surface area contributed by atoms with Crippen LogP contribution in [0.1, 0.15) is 37.9 Å². The van der Waals surface area contributed by atoms with E-state index in [1.165, 1.54) is 12.1 Å². The number of fused-ring (bicyclic) bond motifs is 1. The minimum absolute atomic E-state index is 0.381. The summed E-state index contributed by atoms with van der Waals surface area (Å²) in [4.78, 5) is 12.3. The number of alkyl halides is 3. The normalized spacial score (nSPS) is 18.4. The molecule has 25 heavy (non-hydrogen) atoms. The molecule has 0 aliphatic carbocycles. The topological polar surface area (TPSA) is 81.7 Å². The van der Waals surface area contributed by atoms with E-state index in [2.05, 4.69) is 9.50 Å². The molecular formula is C15H18F3NO5S. The number of carbonyl (C=O) groups excluding carboxylic acids is 1. The van der Waals surface area contributed by atoms with Crippen molar-refractivity contribution >= 4 is 16.1 Å². The Morgan fingerprint density at radius 2 is 1.88 bits per heavy atom. The van der Waals surface area contributed by atoms with Crippen molar-refractivity contribution in [2.24, 2.45) is 0 Å². The number of hydrogen-bond donors (Lipinski definition) is 1. The zero-order valence-corrected chi connectivity index (χ0v) is 14.6. The first kappa shape index (κ1) is 19.5. The lowest BCUT2D eigenvalue weighted by atomic mass is 9.94. The quantitative estimate of drug-likeness (QED) is 0.492. The average Bonchev–Trinajstić information content (AvgIpc) is 2.42. The molecule has 0 aromatic heterocycles. The van der Waals surface area contributed by atoms with E-state index in [0.717, 1.165) is 6.07 Å². The van der Waals surface area contributed by atoms with Crippen LogP contribution in [0.3, 0.4) is 0 Å². The summed E-state index contributed by atoms with van der Waals surface area (Å²) in [6.45, 7) is 5.53. The summed E-state index contributed by atoms with van der Waals surface area (Å²) in [7, 11) is -5.74. The molecule has 1 atom stereocenters. The lowest BCUT2D eigenvalue weighted by molar-refractivity contribution is -0.157. The second-order valence-electron chi connectivity index (χ2n) is 6.51. The Bertz CT molecular complexity index is 768. The van der Waals surface area contributed by atoms with Gasteiger partial charge in [0.05, 0.1) is 0 Å². The van der Waals surface area contributed by atoms with E-state index in [0.29, 0.717) is 24.1 Å². The highest BCUT2D eigenvalue weighted by Gasteiger charge is 2.48. The maximum absolute atomic E-state index is 12.4. The van der Waals surface area contributed by atoms with Crippen LogP contribution in [0, 0.1) is 0 Å². The van der Waals surface area contributed by atoms with E-state index in [-0.39, 0.29) is 0 Å². The molecule has 0 saturated heterocycles. The molecule has 1 aliphatic heterocycles. The van der Waals surface area contributed by atoms with E-state index in [1.54, 1.807) is 20.8 Å². The van der Waals surface area contributed by atoms with Crippen molar-refractivity contribution < 1.29 is 35.3 Å². The minimum atomic E-state index is -5.74. The minimum Gasteiger partial charge on any atom is -0.459 e. The van der Waals surface area contributed by atoms with E-state index in [9.17, 15) is 26.4 Å². The average molecular weight is 381 g/mol. The molecule has 0 amide bonds. The molecule has 10 heteroatoms. The first-order valence-electron chi connectivity index (χ1n) is 7.40. The van der Waals surface area contributed by atoms with Crippen molar-refractivity contribution in [3.8, 4) is 5.75 Å². The highest BCUT2D eigenvalue weighted by molar-refractivity contribution is 7.88. The maximum Gasteiger partial charge on any atom is 0.534 e. The molecule has 140 valence electrons. The van der Waals surface area contributed by atoms with Crippen LogP contribution >= 0.6 is 0 Å². The monoisotopic (exact) mass is 381 g/mol. The lowest BCUT2D eigenvalue weighted by Crippen LogP contribution is -2.39. The highest BCUT2D eigenvalue weighted by Crippen LogP contribution is 2.31. The fourth-order valence-electron chi connectivity index (χ4n) is 2.34. The fraction of sp³-hybridized carbons (Fsp3) is 0.533. The number of rotatable bonds is 3. The molecule has 0 spiro atoms. The molecule has 1 heterocycles. The highest BCUT2D eigenvalue weighted by atomic mass is 32.2. The van der Waals surface area contributed by atoms with Gasteiger partial charge >= 0.3 is 21.6 Å². The Hall–Kier alpha value is -1.81. The van der Waals surface area contributed by atoms with Crippen molar-refractivity contribution in [2.75, 3.05) is 6.54 Å². The second-order valence-corrected chi connectivity index (χ2v) is 8.05. The summed E-state index contributed by atoms with van der Waals surface area (Å²) >= 11 is 0. The third-order valence-electron chi connectivity index (χ3n) is 3.30. The number of nitrogens with one attached hydrogen (secondary N) is 1. The summed E-state index contributed by atoms with van der Waals surface area (Å²) in [5.41, 5.74) is -5.18. The zero-order chi connectivity index (χ0) is 19.0. The molecule has 1 aliphatic rings. The van der Waals surface area contributed by atoms with Gasteiger partial charge in [0.1, 0.15) is 17.4 Å². The van der Waals surface area contributed by atoms with Gasteiger partial charge in [-0.3, -0.25) is 0 Å². The standard InChI is InChI=1S/C15H18F3NO5S/c1-14(2,3)23-13(20)12-11-5-4-10(8-9(11)6-7-19-12)24-25(21,22)15(16,17)18/h4-5,8,12,19H,6-7H2,1-3H3. The Labute approximate surface area is 143 Å². The van der Waals surface area contributed by atoms with Gasteiger partial charge in [-0.2, -0.15) is 21.6 Å². The summed E-state index contributed by atoms with van der Waals surface area (Å²) < 4.78 is 68.8. The molecule has 0 fully saturated rings. The van der Waals surface area contributed by atoms with Crippen molar-refractivity contribution in [1.29, 1.82) is 0 Å². The predicted octanol–water partition coefficient (Wildman–Crippen LogP) is 2.44. The van der Waals surface area contributed by atoms with E-state index in [1.807, 2.05) is 0 Å². The van der Waals surface area contributed by atoms with Crippen LogP contribution in [0.2, 0.25) is 0 Å². The van der Waals surface area contributed by atoms with Gasteiger partial charge in [0.25, 0.3) is 0 Å². The molecule has 0 radical (unpaired) electrons. The summed E-state index contributed by atoms with van der Waals surface area (Å²) in [6.07, 6.45) is 0.401. The van der Waals surface area contributed by atoms with Gasteiger partial charge in [0.2, 0.25) is 0 Å². The third kappa shape index (κ3) is 4.63. The van der Waals surface area contributed by atoms with Crippen LogP contribution in [-0.2, 0) is 26.1 Å². The summed E-state index contributed by atoms with van der Waals surface area (Å²) in [5.74, 6) is -0.981. The molecule has 6 nitrogen and oxygen atoms in total. The molecule has 0 bridgehead atoms. The maximum atomic E-state index is 12.4. The Kier molecular flexibility index (Phi) is 5.06. The van der Waals surface area contributed by atoms with Gasteiger partial charge in [-0.1, -0.05) is 6.07 Å². The number of hydrogen-bond acceptors (Lipinski definition) is 6. The van der Waals surface area contributed by atoms with Gasteiger partial charge in [-0.15, -0.1) is 0 Å². The molecule has 0 saturated carbocycles. The van der Waals surface area contributed by atoms with Gasteiger partial charge in [-0.25, -0.2) is 4.79 Å². The molecular weight excluding hydrogens is 363 g/mol. The van der Waals surface area contributed by atoms with Crippen LogP contribution in [0.5, 0.6) is 5.75 Å². The van der Waals surface area contributed by atoms with Crippen LogP contribution in [-0.4, -0.2) is 32.0 Å². The molecule has 1 aromatic rings. The van der Waals surface area contributed by atoms with E-state index in [4.69, 9.17) is 4.74 Å². The third-order valence-corrected chi connectivity index (χ3v) is 4.28. The molecule has 1 aromatic carbocycles. The number of halogens is 3. The number of benzene rings is 1. The molecule has 2 rings (SSSR count). The Balaban J connectivity index is 2.27. The van der Waals surface area contributed by atoms with Gasteiger partial charge < -0.3 is 14.2 Å². The van der Waals surface area contributed by atoms with Crippen LogP contribution in [0.15, 0.2) is 18.2 Å². The largest absolute Gasteiger partial charge is 0.534 e. The Morgan fingerprint density at radius 1 is 1.24 bits per heavy atom. The fourth-order valence-corrected chi connectivity index (χ4v) is 2.79. The van der Waals surface area contributed by atoms with E-state index < -0.39 is 39.0 Å². The van der Waals surface area contributed by atoms with Crippen molar-refractivity contribution in [2.45, 2.75) is 44.3 Å². The zero-order valence-electron chi connectivity index (χ0n) is 13.8. The van der Waals surface area contributed by atoms with Crippen LogP contribution in [0.4, 0.5) is 13.2 Å². The van der Waals surface area contributed by atoms with Crippen LogP contribution in [0.25, 0.3) is 0 Å². The smallest absolute Gasteiger partial charge is 0.459 e. The van der Waals surface area contributed by atoms with Gasteiger partial charge in [0.15, 0.2) is 0 Å². The van der Waals surface area contributed by atoms with Gasteiger partial charge in [-0.05, 0) is 50.5 Å². The number of esters is 1. The van der Waals surface area contributed by atoms with E-state index >= 15 is 0 Å². The van der Waals surface area contributed by atoms with Crippen molar-refractivity contribution in [3.05, 3.63) is 29.3 Å². The van der Waals surface area contributed by atoms with Crippen LogP contribution < -0.4 is 9.50 Å². The van der Waals surface area contributed by atoms with Crippen molar-refractivity contribution in [3.63, 3.8) is 0 Å². The first-order chi connectivity index (χ1) is 11.3. The summed E-state index contributed by atoms with van der Waals surface area (Å²) in [6, 6.07) is 2.84. The predicted molar refractivity (Wildman–Crippen MR) is 82.3 cm³/mol. The molecule has 1 unspecified atom stereocenters. The molecule has 1 N–H and O–H groups in total. The Morgan fingerprint density at radius 3 is 2.44 bits per heavy atom. The van der Waals surface area contributed by atoms with Gasteiger partial charge in [0, 0.05) is 6.54 Å². The number of ether oxygens (including phenoxy) is 1. The summed E-state index contributed by atoms with van der Waals surface area (Å²) in [5, 5.41) is 2.98. The first-order valence-corrected chi connectivity index (χ1v) is 8.81. The number of carbonyl (C=O) groups is 1. The second kappa shape index (κ2) is 6.49. The SMILES string of the molecule is CC(C)(C)OC(=O)C1NCCc2cc(OS(=O)(=O)C(F)(F)F)ccc21. The lowest BCUT2D eigenvalue weighted by Gasteiger charge is -2.29.